The molecule has 0 amide bonds. The predicted molar refractivity (Wildman–Crippen MR) is 128 cm³/mol. The number of nitrogens with zero attached hydrogens (tertiary/aromatic N) is 1. The Morgan fingerprint density at radius 2 is 1.74 bits per heavy atom. The van der Waals surface area contributed by atoms with Crippen LogP contribution in [-0.2, 0) is 36.1 Å². The molecule has 9 heteroatoms. The monoisotopic (exact) mass is 497 g/mol. The molecule has 0 saturated carbocycles. The van der Waals surface area contributed by atoms with Gasteiger partial charge in [0.15, 0.2) is 23.0 Å². The van der Waals surface area contributed by atoms with Crippen molar-refractivity contribution in [3.8, 4) is 11.5 Å². The van der Waals surface area contributed by atoms with Crippen molar-refractivity contribution >= 4 is 15.8 Å². The second-order valence-corrected chi connectivity index (χ2v) is 10.9. The molecule has 2 bridgehead atoms. The van der Waals surface area contributed by atoms with E-state index in [0.717, 1.165) is 11.1 Å². The number of aryl methyl sites for hydroxylation is 1. The van der Waals surface area contributed by atoms with Gasteiger partial charge in [0, 0.05) is 23.1 Å². The van der Waals surface area contributed by atoms with E-state index in [9.17, 15) is 18.3 Å². The van der Waals surface area contributed by atoms with Crippen LogP contribution in [0, 0.1) is 6.92 Å². The number of carbonyl (C=O) groups is 1. The minimum absolute atomic E-state index is 0.0349. The number of hydrogen-bond acceptors (Lipinski definition) is 7. The zero-order valence-corrected chi connectivity index (χ0v) is 20.8. The van der Waals surface area contributed by atoms with Crippen LogP contribution in [0.25, 0.3) is 0 Å². The Morgan fingerprint density at radius 1 is 1.03 bits per heavy atom. The molecule has 3 aliphatic rings. The molecule has 1 fully saturated rings. The minimum atomic E-state index is -3.88. The topological polar surface area (TPSA) is 102 Å². The Hall–Kier alpha value is -3.30. The van der Waals surface area contributed by atoms with E-state index in [1.807, 2.05) is 13.0 Å². The zero-order valence-electron chi connectivity index (χ0n) is 20.0. The van der Waals surface area contributed by atoms with Gasteiger partial charge in [-0.15, -0.1) is 0 Å². The highest BCUT2D eigenvalue weighted by molar-refractivity contribution is 7.89. The van der Waals surface area contributed by atoms with E-state index in [1.165, 1.54) is 25.6 Å². The van der Waals surface area contributed by atoms with E-state index in [2.05, 4.69) is 0 Å². The quantitative estimate of drug-likeness (QED) is 0.678. The van der Waals surface area contributed by atoms with Crippen LogP contribution in [-0.4, -0.2) is 57.5 Å². The summed E-state index contributed by atoms with van der Waals surface area (Å²) in [6.45, 7) is 2.08. The van der Waals surface area contributed by atoms with Crippen LogP contribution in [0.2, 0.25) is 0 Å². The predicted octanol–water partition coefficient (Wildman–Crippen LogP) is 2.98. The van der Waals surface area contributed by atoms with Crippen molar-refractivity contribution in [1.29, 1.82) is 0 Å². The molecule has 0 unspecified atom stereocenters. The fraction of sp³-hybridized carbons (Fsp3) is 0.346. The Balaban J connectivity index is 1.78. The lowest BCUT2D eigenvalue weighted by Crippen LogP contribution is -2.58. The SMILES string of the molecule is COC1=C[C@]23CCN(S(=O)(=O)c4ccc(C)cc4)[C@H](Cc4ccc(OC)c(O)c42)C3=C(OC)C1=O. The number of phenols is 1. The van der Waals surface area contributed by atoms with Gasteiger partial charge in [-0.05, 0) is 49.6 Å². The average molecular weight is 498 g/mol. The molecule has 1 aliphatic heterocycles. The highest BCUT2D eigenvalue weighted by Crippen LogP contribution is 2.58. The molecule has 1 heterocycles. The fourth-order valence-electron chi connectivity index (χ4n) is 5.72. The molecular formula is C26H27NO7S. The smallest absolute Gasteiger partial charge is 0.261 e. The summed E-state index contributed by atoms with van der Waals surface area (Å²) < 4.78 is 45.5. The molecule has 1 N–H and O–H groups in total. The van der Waals surface area contributed by atoms with Gasteiger partial charge in [0.25, 0.3) is 5.78 Å². The third kappa shape index (κ3) is 3.21. The summed E-state index contributed by atoms with van der Waals surface area (Å²) in [6.07, 6.45) is 2.25. The Kier molecular flexibility index (Phi) is 5.45. The number of allylic oxidation sites excluding steroid dienone is 1. The Bertz CT molecular complexity index is 1390. The lowest BCUT2D eigenvalue weighted by Gasteiger charge is -2.52. The average Bonchev–Trinajstić information content (AvgIpc) is 2.83. The zero-order chi connectivity index (χ0) is 25.1. The van der Waals surface area contributed by atoms with Gasteiger partial charge < -0.3 is 19.3 Å². The Labute approximate surface area is 204 Å². The molecule has 1 saturated heterocycles. The van der Waals surface area contributed by atoms with E-state index >= 15 is 0 Å². The molecule has 0 spiro atoms. The van der Waals surface area contributed by atoms with Crippen LogP contribution < -0.4 is 4.74 Å². The summed E-state index contributed by atoms with van der Waals surface area (Å²) in [5, 5.41) is 11.2. The van der Waals surface area contributed by atoms with Crippen molar-refractivity contribution in [2.75, 3.05) is 27.9 Å². The Morgan fingerprint density at radius 3 is 2.37 bits per heavy atom. The molecule has 0 aromatic heterocycles. The van der Waals surface area contributed by atoms with Gasteiger partial charge in [0.1, 0.15) is 0 Å². The van der Waals surface area contributed by atoms with Gasteiger partial charge >= 0.3 is 0 Å². The molecule has 0 radical (unpaired) electrons. The van der Waals surface area contributed by atoms with Crippen LogP contribution in [0.4, 0.5) is 0 Å². The number of benzene rings is 2. The van der Waals surface area contributed by atoms with Crippen molar-refractivity contribution in [2.24, 2.45) is 0 Å². The van der Waals surface area contributed by atoms with Crippen LogP contribution in [0.5, 0.6) is 11.5 Å². The number of fused-ring (bicyclic) bond motifs is 1. The van der Waals surface area contributed by atoms with Crippen molar-refractivity contribution in [3.63, 3.8) is 0 Å². The number of piperidine rings is 1. The maximum atomic E-state index is 13.8. The summed E-state index contributed by atoms with van der Waals surface area (Å²) in [7, 11) is 0.384. The van der Waals surface area contributed by atoms with Gasteiger partial charge in [0.2, 0.25) is 10.0 Å². The summed E-state index contributed by atoms with van der Waals surface area (Å²) in [5.74, 6) is -0.0486. The third-order valence-corrected chi connectivity index (χ3v) is 9.22. The van der Waals surface area contributed by atoms with E-state index < -0.39 is 27.3 Å². The van der Waals surface area contributed by atoms with Crippen LogP contribution in [0.15, 0.2) is 64.5 Å². The van der Waals surface area contributed by atoms with Crippen molar-refractivity contribution < 1.29 is 32.5 Å². The van der Waals surface area contributed by atoms with Crippen molar-refractivity contribution in [1.82, 2.24) is 4.31 Å². The third-order valence-electron chi connectivity index (χ3n) is 7.30. The van der Waals surface area contributed by atoms with E-state index in [-0.39, 0.29) is 41.5 Å². The van der Waals surface area contributed by atoms with E-state index in [0.29, 0.717) is 16.9 Å². The number of methoxy groups -OCH3 is 3. The normalized spacial score (nSPS) is 23.8. The molecule has 2 aromatic carbocycles. The number of rotatable bonds is 5. The van der Waals surface area contributed by atoms with Gasteiger partial charge in [-0.3, -0.25) is 4.79 Å². The molecule has 2 atom stereocenters. The highest BCUT2D eigenvalue weighted by atomic mass is 32.2. The van der Waals surface area contributed by atoms with E-state index in [4.69, 9.17) is 14.2 Å². The van der Waals surface area contributed by atoms with Crippen LogP contribution in [0.3, 0.4) is 0 Å². The first-order chi connectivity index (χ1) is 16.7. The first kappa shape index (κ1) is 23.4. The minimum Gasteiger partial charge on any atom is -0.504 e. The van der Waals surface area contributed by atoms with Crippen molar-refractivity contribution in [2.45, 2.75) is 36.1 Å². The number of ketones is 1. The number of ether oxygens (including phenoxy) is 3. The molecule has 2 aliphatic carbocycles. The summed E-state index contributed by atoms with van der Waals surface area (Å²) in [5.41, 5.74) is 1.85. The molecule has 184 valence electrons. The summed E-state index contributed by atoms with van der Waals surface area (Å²) >= 11 is 0. The first-order valence-electron chi connectivity index (χ1n) is 11.3. The lowest BCUT2D eigenvalue weighted by molar-refractivity contribution is -0.118. The number of sulfonamides is 1. The van der Waals surface area contributed by atoms with E-state index in [1.54, 1.807) is 36.4 Å². The summed E-state index contributed by atoms with van der Waals surface area (Å²) in [6, 6.07) is 9.55. The molecular weight excluding hydrogens is 470 g/mol. The molecule has 8 nitrogen and oxygen atoms in total. The van der Waals surface area contributed by atoms with Crippen LogP contribution >= 0.6 is 0 Å². The van der Waals surface area contributed by atoms with Gasteiger partial charge in [-0.2, -0.15) is 4.31 Å². The number of phenolic OH excluding ortho intramolecular Hbond substituents is 1. The maximum absolute atomic E-state index is 13.8. The van der Waals surface area contributed by atoms with Gasteiger partial charge in [0.05, 0.1) is 32.3 Å². The number of hydrogen-bond donors (Lipinski definition) is 1. The fourth-order valence-corrected chi connectivity index (χ4v) is 7.32. The highest BCUT2D eigenvalue weighted by Gasteiger charge is 2.57. The molecule has 5 rings (SSSR count). The van der Waals surface area contributed by atoms with Gasteiger partial charge in [-0.1, -0.05) is 23.8 Å². The second-order valence-electron chi connectivity index (χ2n) is 9.01. The second kappa shape index (κ2) is 8.13. The maximum Gasteiger partial charge on any atom is 0.261 e. The van der Waals surface area contributed by atoms with Crippen molar-refractivity contribution in [3.05, 3.63) is 76.3 Å². The standard InChI is InChI=1S/C26H27NO7S/c1-15-5-8-17(9-6-15)35(30,31)27-12-11-26-14-20(33-3)24(29)25(34-4)22(26)18(27)13-16-7-10-19(32-2)23(28)21(16)26/h5-10,14,18,28H,11-13H2,1-4H3/t18-,26-/m1/s1. The number of Topliss-reactive ketones (excluding diaryl/α,β-unsaturated/α-hetero) is 1. The lowest BCUT2D eigenvalue weighted by atomic mass is 9.58. The molecule has 35 heavy (non-hydrogen) atoms. The number of carbonyl (C=O) groups excluding carboxylic acids is 1. The number of aromatic hydroxyl groups is 1. The first-order valence-corrected chi connectivity index (χ1v) is 12.7. The van der Waals surface area contributed by atoms with Gasteiger partial charge in [-0.25, -0.2) is 8.42 Å². The largest absolute Gasteiger partial charge is 0.504 e. The summed E-state index contributed by atoms with van der Waals surface area (Å²) in [4.78, 5) is 13.4. The molecule has 2 aromatic rings. The van der Waals surface area contributed by atoms with Crippen LogP contribution in [0.1, 0.15) is 23.1 Å².